The van der Waals surface area contributed by atoms with Crippen LogP contribution in [0.2, 0.25) is 0 Å². The van der Waals surface area contributed by atoms with Gasteiger partial charge < -0.3 is 10.6 Å². The van der Waals surface area contributed by atoms with Crippen LogP contribution in [0.4, 0.5) is 11.4 Å². The molecule has 0 fully saturated rings. The van der Waals surface area contributed by atoms with Gasteiger partial charge in [-0.1, -0.05) is 18.2 Å². The van der Waals surface area contributed by atoms with Crippen LogP contribution in [0, 0.1) is 6.92 Å². The normalized spacial score (nSPS) is 13.4. The number of aryl methyl sites for hydroxylation is 1. The Labute approximate surface area is 126 Å². The smallest absolute Gasteiger partial charge is 0.259 e. The average Bonchev–Trinajstić information content (AvgIpc) is 2.83. The fourth-order valence-electron chi connectivity index (χ4n) is 2.63. The van der Waals surface area contributed by atoms with E-state index in [2.05, 4.69) is 15.9 Å². The van der Waals surface area contributed by atoms with Crippen LogP contribution in [-0.2, 0) is 6.42 Å². The second kappa shape index (κ2) is 4.94. The molecule has 0 bridgehead atoms. The Bertz CT molecular complexity index is 697. The van der Waals surface area contributed by atoms with Gasteiger partial charge in [-0.3, -0.25) is 4.79 Å². The summed E-state index contributed by atoms with van der Waals surface area (Å²) < 4.78 is 0.824. The molecule has 0 atom stereocenters. The van der Waals surface area contributed by atoms with Gasteiger partial charge in [-0.2, -0.15) is 0 Å². The highest BCUT2D eigenvalue weighted by Crippen LogP contribution is 2.35. The van der Waals surface area contributed by atoms with E-state index < -0.39 is 0 Å². The first-order valence-corrected chi connectivity index (χ1v) is 7.32. The molecule has 1 heterocycles. The van der Waals surface area contributed by atoms with Crippen molar-refractivity contribution < 1.29 is 4.79 Å². The van der Waals surface area contributed by atoms with E-state index in [0.29, 0.717) is 17.8 Å². The first kappa shape index (κ1) is 13.2. The third kappa shape index (κ3) is 2.10. The van der Waals surface area contributed by atoms with E-state index in [1.807, 2.05) is 43.3 Å². The van der Waals surface area contributed by atoms with Gasteiger partial charge in [-0.15, -0.1) is 0 Å². The van der Waals surface area contributed by atoms with Gasteiger partial charge in [-0.05, 0) is 58.6 Å². The van der Waals surface area contributed by atoms with Crippen molar-refractivity contribution in [2.45, 2.75) is 13.3 Å². The van der Waals surface area contributed by atoms with E-state index in [4.69, 9.17) is 5.73 Å². The molecule has 0 saturated carbocycles. The van der Waals surface area contributed by atoms with Crippen molar-refractivity contribution in [3.05, 3.63) is 57.6 Å². The number of carbonyl (C=O) groups excluding carboxylic acids is 1. The van der Waals surface area contributed by atoms with E-state index in [0.717, 1.165) is 27.7 Å². The number of carbonyl (C=O) groups is 1. The van der Waals surface area contributed by atoms with Gasteiger partial charge in [0, 0.05) is 11.0 Å². The van der Waals surface area contributed by atoms with Gasteiger partial charge in [0.15, 0.2) is 0 Å². The molecule has 2 aromatic rings. The number of anilines is 2. The number of benzene rings is 2. The molecule has 4 heteroatoms. The van der Waals surface area contributed by atoms with Crippen molar-refractivity contribution in [3.8, 4) is 0 Å². The minimum Gasteiger partial charge on any atom is -0.397 e. The zero-order valence-corrected chi connectivity index (χ0v) is 12.8. The Hall–Kier alpha value is -1.81. The van der Waals surface area contributed by atoms with E-state index in [1.165, 1.54) is 0 Å². The fourth-order valence-corrected chi connectivity index (χ4v) is 3.29. The van der Waals surface area contributed by atoms with E-state index in [-0.39, 0.29) is 5.91 Å². The van der Waals surface area contributed by atoms with Crippen molar-refractivity contribution in [2.75, 3.05) is 17.2 Å². The summed E-state index contributed by atoms with van der Waals surface area (Å²) in [5.74, 6) is -0.00600. The van der Waals surface area contributed by atoms with Crippen LogP contribution in [0.25, 0.3) is 0 Å². The molecule has 0 aliphatic carbocycles. The maximum absolute atomic E-state index is 12.7. The number of fused-ring (bicyclic) bond motifs is 1. The molecule has 0 unspecified atom stereocenters. The van der Waals surface area contributed by atoms with Gasteiger partial charge in [0.25, 0.3) is 5.91 Å². The lowest BCUT2D eigenvalue weighted by Gasteiger charge is -2.19. The molecular weight excluding hydrogens is 316 g/mol. The summed E-state index contributed by atoms with van der Waals surface area (Å²) in [7, 11) is 0. The second-order valence-corrected chi connectivity index (χ2v) is 5.90. The van der Waals surface area contributed by atoms with Crippen LogP contribution < -0.4 is 10.6 Å². The predicted octanol–water partition coefficient (Wildman–Crippen LogP) is 3.54. The van der Waals surface area contributed by atoms with Crippen molar-refractivity contribution >= 4 is 33.2 Å². The standard InChI is InChI=1S/C16H15BrN2O/c1-10-5-6-12(13(17)9-10)16(20)19-8-7-11-3-2-4-14(18)15(11)19/h2-6,9H,7-8,18H2,1H3. The second-order valence-electron chi connectivity index (χ2n) is 5.05. The largest absolute Gasteiger partial charge is 0.397 e. The topological polar surface area (TPSA) is 46.3 Å². The Balaban J connectivity index is 2.02. The number of rotatable bonds is 1. The molecule has 0 aromatic heterocycles. The predicted molar refractivity (Wildman–Crippen MR) is 85.1 cm³/mol. The summed E-state index contributed by atoms with van der Waals surface area (Å²) in [6.45, 7) is 2.69. The molecule has 20 heavy (non-hydrogen) atoms. The maximum atomic E-state index is 12.7. The molecule has 0 radical (unpaired) electrons. The third-order valence-corrected chi connectivity index (χ3v) is 4.28. The lowest BCUT2D eigenvalue weighted by atomic mass is 10.1. The molecule has 3 nitrogen and oxygen atoms in total. The van der Waals surface area contributed by atoms with E-state index in [1.54, 1.807) is 4.90 Å². The van der Waals surface area contributed by atoms with Crippen LogP contribution in [0.1, 0.15) is 21.5 Å². The zero-order chi connectivity index (χ0) is 14.3. The zero-order valence-electron chi connectivity index (χ0n) is 11.2. The summed E-state index contributed by atoms with van der Waals surface area (Å²) in [6, 6.07) is 11.6. The molecule has 0 saturated heterocycles. The van der Waals surface area contributed by atoms with Crippen LogP contribution in [0.5, 0.6) is 0 Å². The number of hydrogen-bond donors (Lipinski definition) is 1. The first-order chi connectivity index (χ1) is 9.58. The van der Waals surface area contributed by atoms with Gasteiger partial charge in [0.1, 0.15) is 0 Å². The Kier molecular flexibility index (Phi) is 3.26. The molecule has 0 spiro atoms. The number of para-hydroxylation sites is 1. The Morgan fingerprint density at radius 1 is 1.30 bits per heavy atom. The number of halogens is 1. The van der Waals surface area contributed by atoms with Crippen molar-refractivity contribution in [1.29, 1.82) is 0 Å². The molecule has 3 rings (SSSR count). The fraction of sp³-hybridized carbons (Fsp3) is 0.188. The lowest BCUT2D eigenvalue weighted by molar-refractivity contribution is 0.0988. The highest BCUT2D eigenvalue weighted by molar-refractivity contribution is 9.10. The van der Waals surface area contributed by atoms with E-state index >= 15 is 0 Å². The number of hydrogen-bond acceptors (Lipinski definition) is 2. The summed E-state index contributed by atoms with van der Waals surface area (Å²) in [6.07, 6.45) is 0.857. The van der Waals surface area contributed by atoms with Gasteiger partial charge in [-0.25, -0.2) is 0 Å². The van der Waals surface area contributed by atoms with Crippen molar-refractivity contribution in [1.82, 2.24) is 0 Å². The third-order valence-electron chi connectivity index (χ3n) is 3.63. The van der Waals surface area contributed by atoms with Crippen LogP contribution in [-0.4, -0.2) is 12.5 Å². The highest BCUT2D eigenvalue weighted by atomic mass is 79.9. The number of nitrogen functional groups attached to an aromatic ring is 1. The quantitative estimate of drug-likeness (QED) is 0.813. The van der Waals surface area contributed by atoms with Crippen molar-refractivity contribution in [2.24, 2.45) is 0 Å². The maximum Gasteiger partial charge on any atom is 0.259 e. The van der Waals surface area contributed by atoms with Crippen molar-refractivity contribution in [3.63, 3.8) is 0 Å². The summed E-state index contributed by atoms with van der Waals surface area (Å²) in [5.41, 5.74) is 10.5. The van der Waals surface area contributed by atoms with Crippen LogP contribution >= 0.6 is 15.9 Å². The Morgan fingerprint density at radius 3 is 2.85 bits per heavy atom. The van der Waals surface area contributed by atoms with Gasteiger partial charge >= 0.3 is 0 Å². The molecule has 2 N–H and O–H groups in total. The molecule has 1 aliphatic heterocycles. The summed E-state index contributed by atoms with van der Waals surface area (Å²) in [5, 5.41) is 0. The average molecular weight is 331 g/mol. The summed E-state index contributed by atoms with van der Waals surface area (Å²) >= 11 is 3.47. The molecular formula is C16H15BrN2O. The van der Waals surface area contributed by atoms with E-state index in [9.17, 15) is 4.79 Å². The highest BCUT2D eigenvalue weighted by Gasteiger charge is 2.28. The molecule has 102 valence electrons. The first-order valence-electron chi connectivity index (χ1n) is 6.53. The number of amides is 1. The van der Waals surface area contributed by atoms with Crippen LogP contribution in [0.3, 0.4) is 0 Å². The number of nitrogens with two attached hydrogens (primary N) is 1. The number of nitrogens with zero attached hydrogens (tertiary/aromatic N) is 1. The molecule has 2 aromatic carbocycles. The lowest BCUT2D eigenvalue weighted by Crippen LogP contribution is -2.29. The minimum absolute atomic E-state index is 0.00600. The SMILES string of the molecule is Cc1ccc(C(=O)N2CCc3cccc(N)c32)c(Br)c1. The summed E-state index contributed by atoms with van der Waals surface area (Å²) in [4.78, 5) is 14.5. The van der Waals surface area contributed by atoms with Gasteiger partial charge in [0.2, 0.25) is 0 Å². The monoisotopic (exact) mass is 330 g/mol. The molecule has 1 aliphatic rings. The molecule has 1 amide bonds. The minimum atomic E-state index is -0.00600. The van der Waals surface area contributed by atoms with Crippen LogP contribution in [0.15, 0.2) is 40.9 Å². The Morgan fingerprint density at radius 2 is 2.10 bits per heavy atom. The van der Waals surface area contributed by atoms with Gasteiger partial charge in [0.05, 0.1) is 16.9 Å².